The number of para-hydroxylation sites is 1. The van der Waals surface area contributed by atoms with Crippen molar-refractivity contribution in [2.24, 2.45) is 0 Å². The quantitative estimate of drug-likeness (QED) is 0.351. The highest BCUT2D eigenvalue weighted by Crippen LogP contribution is 2.23. The molecule has 0 saturated carbocycles. The molecule has 0 atom stereocenters. The van der Waals surface area contributed by atoms with Crippen molar-refractivity contribution < 1.29 is 19.1 Å². The van der Waals surface area contributed by atoms with Crippen molar-refractivity contribution in [3.05, 3.63) is 48.1 Å². The largest absolute Gasteiger partial charge is 0.415 e. The van der Waals surface area contributed by atoms with E-state index >= 15 is 0 Å². The molecule has 2 rings (SSSR count). The third-order valence-electron chi connectivity index (χ3n) is 3.94. The van der Waals surface area contributed by atoms with Crippen LogP contribution >= 0.6 is 12.2 Å². The van der Waals surface area contributed by atoms with Crippen molar-refractivity contribution in [1.29, 1.82) is 0 Å². The smallest absolute Gasteiger partial charge is 0.410 e. The summed E-state index contributed by atoms with van der Waals surface area (Å²) in [6.45, 7) is 8.47. The van der Waals surface area contributed by atoms with Crippen LogP contribution in [0.2, 0.25) is 0 Å². The molecule has 0 bridgehead atoms. The van der Waals surface area contributed by atoms with Gasteiger partial charge in [0.25, 0.3) is 11.8 Å². The zero-order valence-electron chi connectivity index (χ0n) is 15.2. The van der Waals surface area contributed by atoms with Crippen LogP contribution in [0.1, 0.15) is 19.4 Å². The molecule has 1 aromatic rings. The molecule has 0 aliphatic carbocycles. The van der Waals surface area contributed by atoms with E-state index in [-0.39, 0.29) is 23.0 Å². The second-order valence-electron chi connectivity index (χ2n) is 5.60. The standard InChI is InChI=1S/C19H21N3O4S/c1-4-11-22-17(24)14(16(23)20-18(22)27)12-13-9-7-8-10-15(13)26-19(25)21(5-2)6-3/h4,7-10,12H,1,5-6,11H2,2-3H3,(H,20,23,27). The predicted molar refractivity (Wildman–Crippen MR) is 106 cm³/mol. The number of hydrogen-bond acceptors (Lipinski definition) is 5. The summed E-state index contributed by atoms with van der Waals surface area (Å²) < 4.78 is 5.44. The van der Waals surface area contributed by atoms with E-state index in [2.05, 4.69) is 11.9 Å². The molecule has 1 aromatic carbocycles. The number of benzene rings is 1. The molecular formula is C19H21N3O4S. The molecular weight excluding hydrogens is 366 g/mol. The van der Waals surface area contributed by atoms with Crippen LogP contribution in [0.5, 0.6) is 5.75 Å². The van der Waals surface area contributed by atoms with Crippen LogP contribution in [0.4, 0.5) is 4.79 Å². The summed E-state index contributed by atoms with van der Waals surface area (Å²) in [6.07, 6.45) is 2.40. The number of amides is 3. The first-order valence-electron chi connectivity index (χ1n) is 8.48. The number of rotatable bonds is 6. The number of carbonyl (C=O) groups is 3. The van der Waals surface area contributed by atoms with Crippen LogP contribution in [0, 0.1) is 0 Å². The fourth-order valence-electron chi connectivity index (χ4n) is 2.48. The maximum absolute atomic E-state index is 12.6. The first-order valence-corrected chi connectivity index (χ1v) is 8.89. The van der Waals surface area contributed by atoms with Gasteiger partial charge in [0.05, 0.1) is 0 Å². The Labute approximate surface area is 163 Å². The highest BCUT2D eigenvalue weighted by atomic mass is 32.1. The van der Waals surface area contributed by atoms with Crippen molar-refractivity contribution in [3.63, 3.8) is 0 Å². The summed E-state index contributed by atoms with van der Waals surface area (Å²) in [6, 6.07) is 6.68. The van der Waals surface area contributed by atoms with E-state index in [1.807, 2.05) is 13.8 Å². The molecule has 27 heavy (non-hydrogen) atoms. The van der Waals surface area contributed by atoms with Crippen molar-refractivity contribution in [3.8, 4) is 5.75 Å². The highest BCUT2D eigenvalue weighted by molar-refractivity contribution is 7.80. The molecule has 0 spiro atoms. The summed E-state index contributed by atoms with van der Waals surface area (Å²) in [5.41, 5.74) is 0.333. The fourth-order valence-corrected chi connectivity index (χ4v) is 2.73. The summed E-state index contributed by atoms with van der Waals surface area (Å²) in [4.78, 5) is 39.9. The van der Waals surface area contributed by atoms with Crippen LogP contribution < -0.4 is 10.1 Å². The fraction of sp³-hybridized carbons (Fsp3) is 0.263. The van der Waals surface area contributed by atoms with Gasteiger partial charge in [-0.2, -0.15) is 0 Å². The first kappa shape index (κ1) is 20.3. The van der Waals surface area contributed by atoms with E-state index in [9.17, 15) is 14.4 Å². The minimum Gasteiger partial charge on any atom is -0.410 e. The maximum Gasteiger partial charge on any atom is 0.415 e. The number of thiocarbonyl (C=S) groups is 1. The third kappa shape index (κ3) is 4.59. The van der Waals surface area contributed by atoms with Crippen molar-refractivity contribution >= 4 is 41.3 Å². The van der Waals surface area contributed by atoms with Gasteiger partial charge in [0.15, 0.2) is 5.11 Å². The van der Waals surface area contributed by atoms with E-state index in [1.165, 1.54) is 22.0 Å². The maximum atomic E-state index is 12.6. The highest BCUT2D eigenvalue weighted by Gasteiger charge is 2.32. The summed E-state index contributed by atoms with van der Waals surface area (Å²) in [5.74, 6) is -0.880. The minimum absolute atomic E-state index is 0.0308. The van der Waals surface area contributed by atoms with Crippen molar-refractivity contribution in [1.82, 2.24) is 15.1 Å². The molecule has 1 fully saturated rings. The lowest BCUT2D eigenvalue weighted by Crippen LogP contribution is -2.53. The van der Waals surface area contributed by atoms with E-state index in [0.717, 1.165) is 0 Å². The Morgan fingerprint density at radius 3 is 2.59 bits per heavy atom. The van der Waals surface area contributed by atoms with Crippen molar-refractivity contribution in [2.75, 3.05) is 19.6 Å². The van der Waals surface area contributed by atoms with Crippen molar-refractivity contribution in [2.45, 2.75) is 13.8 Å². The number of ether oxygens (including phenoxy) is 1. The lowest BCUT2D eigenvalue weighted by molar-refractivity contribution is -0.128. The van der Waals surface area contributed by atoms with Gasteiger partial charge >= 0.3 is 6.09 Å². The van der Waals surface area contributed by atoms with Gasteiger partial charge in [0.1, 0.15) is 11.3 Å². The Morgan fingerprint density at radius 2 is 1.96 bits per heavy atom. The van der Waals surface area contributed by atoms with Gasteiger partial charge in [0.2, 0.25) is 0 Å². The third-order valence-corrected chi connectivity index (χ3v) is 4.26. The van der Waals surface area contributed by atoms with Gasteiger partial charge in [0, 0.05) is 25.2 Å². The van der Waals surface area contributed by atoms with E-state index < -0.39 is 17.9 Å². The molecule has 1 heterocycles. The van der Waals surface area contributed by atoms with Crippen LogP contribution in [0.25, 0.3) is 6.08 Å². The Morgan fingerprint density at radius 1 is 1.30 bits per heavy atom. The van der Waals surface area contributed by atoms with Gasteiger partial charge in [-0.1, -0.05) is 24.3 Å². The molecule has 142 valence electrons. The molecule has 0 aromatic heterocycles. The summed E-state index contributed by atoms with van der Waals surface area (Å²) in [7, 11) is 0. The Balaban J connectivity index is 2.36. The van der Waals surface area contributed by atoms with Crippen LogP contribution in [-0.4, -0.2) is 52.5 Å². The van der Waals surface area contributed by atoms with Crippen LogP contribution in [0.15, 0.2) is 42.5 Å². The molecule has 1 saturated heterocycles. The van der Waals surface area contributed by atoms with E-state index in [0.29, 0.717) is 18.7 Å². The molecule has 0 unspecified atom stereocenters. The summed E-state index contributed by atoms with van der Waals surface area (Å²) >= 11 is 5.03. The Hall–Kier alpha value is -3.00. The lowest BCUT2D eigenvalue weighted by Gasteiger charge is -2.27. The van der Waals surface area contributed by atoms with Crippen LogP contribution in [-0.2, 0) is 9.59 Å². The zero-order valence-corrected chi connectivity index (χ0v) is 16.0. The van der Waals surface area contributed by atoms with Gasteiger partial charge in [-0.3, -0.25) is 19.8 Å². The molecule has 0 radical (unpaired) electrons. The SMILES string of the molecule is C=CCN1C(=O)C(=Cc2ccccc2OC(=O)N(CC)CC)C(=O)NC1=S. The minimum atomic E-state index is -0.602. The molecule has 1 aliphatic rings. The summed E-state index contributed by atoms with van der Waals surface area (Å²) in [5, 5.41) is 2.51. The number of carbonyl (C=O) groups excluding carboxylic acids is 3. The average Bonchev–Trinajstić information content (AvgIpc) is 2.64. The van der Waals surface area contributed by atoms with Gasteiger partial charge in [-0.05, 0) is 38.2 Å². The Kier molecular flexibility index (Phi) is 6.84. The average molecular weight is 387 g/mol. The molecule has 3 amide bonds. The predicted octanol–water partition coefficient (Wildman–Crippen LogP) is 2.34. The Bertz CT molecular complexity index is 815. The molecule has 1 aliphatic heterocycles. The topological polar surface area (TPSA) is 79.0 Å². The molecule has 7 nitrogen and oxygen atoms in total. The zero-order chi connectivity index (χ0) is 20.0. The van der Waals surface area contributed by atoms with Gasteiger partial charge in [-0.15, -0.1) is 6.58 Å². The van der Waals surface area contributed by atoms with E-state index in [4.69, 9.17) is 17.0 Å². The number of nitrogens with zero attached hydrogens (tertiary/aromatic N) is 2. The van der Waals surface area contributed by atoms with Gasteiger partial charge < -0.3 is 9.64 Å². The lowest BCUT2D eigenvalue weighted by atomic mass is 10.1. The van der Waals surface area contributed by atoms with E-state index in [1.54, 1.807) is 24.3 Å². The second-order valence-corrected chi connectivity index (χ2v) is 5.99. The molecule has 8 heteroatoms. The normalized spacial score (nSPS) is 15.6. The number of nitrogens with one attached hydrogen (secondary N) is 1. The van der Waals surface area contributed by atoms with Crippen LogP contribution in [0.3, 0.4) is 0 Å². The number of hydrogen-bond donors (Lipinski definition) is 1. The van der Waals surface area contributed by atoms with Gasteiger partial charge in [-0.25, -0.2) is 4.79 Å². The molecule has 1 N–H and O–H groups in total. The second kappa shape index (κ2) is 9.09. The first-order chi connectivity index (χ1) is 12.9. The monoisotopic (exact) mass is 387 g/mol.